The highest BCUT2D eigenvalue weighted by Gasteiger charge is 2.31. The van der Waals surface area contributed by atoms with E-state index in [0.717, 1.165) is 16.3 Å². The minimum absolute atomic E-state index is 0.0150. The van der Waals surface area contributed by atoms with Gasteiger partial charge in [0.2, 0.25) is 5.78 Å². The Hall–Kier alpha value is -3.75. The number of benzene rings is 1. The zero-order chi connectivity index (χ0) is 29.1. The summed E-state index contributed by atoms with van der Waals surface area (Å²) in [5.41, 5.74) is 3.53. The standard InChI is InChI=1S/C31H31ClN2O5S/c1-6-7-21(31(37)38)13-24-27(29(35)17(2)3)26-14-23(39-15-22-16-40-19(5)33-22)10-11-34(26)28(24)30(36)20-8-9-25(32)18(4)12-20/h8-12,14,16,21H,2,6-7,13,15H2,1,3-5H3,(H,37,38). The molecular formula is C31H31ClN2O5S. The topological polar surface area (TPSA) is 98.0 Å². The van der Waals surface area contributed by atoms with Gasteiger partial charge in [0.25, 0.3) is 0 Å². The summed E-state index contributed by atoms with van der Waals surface area (Å²) < 4.78 is 7.65. The second-order valence-electron chi connectivity index (χ2n) is 9.90. The Balaban J connectivity index is 1.94. The summed E-state index contributed by atoms with van der Waals surface area (Å²) in [5.74, 6) is -1.96. The van der Waals surface area contributed by atoms with Crippen molar-refractivity contribution < 1.29 is 24.2 Å². The van der Waals surface area contributed by atoms with E-state index in [-0.39, 0.29) is 41.4 Å². The number of allylic oxidation sites excluding steroid dienone is 1. The first-order chi connectivity index (χ1) is 19.0. The molecule has 9 heteroatoms. The van der Waals surface area contributed by atoms with Crippen molar-refractivity contribution in [2.24, 2.45) is 5.92 Å². The van der Waals surface area contributed by atoms with Crippen LogP contribution in [0.15, 0.2) is 54.1 Å². The Morgan fingerprint density at radius 2 is 1.95 bits per heavy atom. The highest BCUT2D eigenvalue weighted by atomic mass is 35.5. The maximum Gasteiger partial charge on any atom is 0.306 e. The third kappa shape index (κ3) is 6.03. The van der Waals surface area contributed by atoms with Crippen molar-refractivity contribution in [3.8, 4) is 5.75 Å². The number of carbonyl (C=O) groups excluding carboxylic acids is 2. The summed E-state index contributed by atoms with van der Waals surface area (Å²) in [4.78, 5) is 44.3. The number of ketones is 2. The first kappa shape index (κ1) is 29.2. The molecule has 1 aromatic carbocycles. The molecule has 40 heavy (non-hydrogen) atoms. The number of ether oxygens (including phenoxy) is 1. The van der Waals surface area contributed by atoms with Crippen molar-refractivity contribution in [2.75, 3.05) is 0 Å². The van der Waals surface area contributed by atoms with Gasteiger partial charge in [-0.05, 0) is 74.6 Å². The predicted octanol–water partition coefficient (Wildman–Crippen LogP) is 7.28. The number of carboxylic acid groups (broad SMARTS) is 1. The number of carboxylic acids is 1. The Labute approximate surface area is 242 Å². The number of aliphatic carboxylic acids is 1. The van der Waals surface area contributed by atoms with Gasteiger partial charge in [-0.25, -0.2) is 4.98 Å². The molecule has 4 aromatic rings. The number of aromatic nitrogens is 2. The maximum atomic E-state index is 14.1. The first-order valence-corrected chi connectivity index (χ1v) is 14.2. The SMILES string of the molecule is C=C(C)C(=O)c1c(CC(CCC)C(=O)O)c(C(=O)c2ccc(Cl)c(C)c2)n2ccc(OCc3csc(C)n3)cc12. The number of carbonyl (C=O) groups is 3. The van der Waals surface area contributed by atoms with Gasteiger partial charge in [-0.3, -0.25) is 14.4 Å². The molecule has 0 amide bonds. The summed E-state index contributed by atoms with van der Waals surface area (Å²) in [7, 11) is 0. The lowest BCUT2D eigenvalue weighted by Gasteiger charge is -2.14. The molecule has 1 N–H and O–H groups in total. The molecule has 0 bridgehead atoms. The van der Waals surface area contributed by atoms with E-state index in [1.807, 2.05) is 19.2 Å². The Kier molecular flexibility index (Phi) is 8.91. The van der Waals surface area contributed by atoms with Crippen LogP contribution >= 0.6 is 22.9 Å². The van der Waals surface area contributed by atoms with Crippen molar-refractivity contribution in [2.45, 2.75) is 53.6 Å². The number of hydrogen-bond donors (Lipinski definition) is 1. The lowest BCUT2D eigenvalue weighted by atomic mass is 9.89. The molecule has 3 aromatic heterocycles. The summed E-state index contributed by atoms with van der Waals surface area (Å²) in [5, 5.41) is 13.4. The highest BCUT2D eigenvalue weighted by Crippen LogP contribution is 2.34. The molecule has 208 valence electrons. The minimum atomic E-state index is -0.978. The lowest BCUT2D eigenvalue weighted by Crippen LogP contribution is -2.19. The normalized spacial score (nSPS) is 11.9. The fraction of sp³-hybridized carbons (Fsp3) is 0.290. The lowest BCUT2D eigenvalue weighted by molar-refractivity contribution is -0.141. The monoisotopic (exact) mass is 578 g/mol. The van der Waals surface area contributed by atoms with Gasteiger partial charge in [-0.15, -0.1) is 11.3 Å². The zero-order valence-electron chi connectivity index (χ0n) is 22.9. The Bertz CT molecular complexity index is 1630. The van der Waals surface area contributed by atoms with Gasteiger partial charge in [0.1, 0.15) is 12.4 Å². The second kappa shape index (κ2) is 12.2. The van der Waals surface area contributed by atoms with E-state index >= 15 is 0 Å². The average Bonchev–Trinajstić information content (AvgIpc) is 3.47. The van der Waals surface area contributed by atoms with E-state index in [2.05, 4.69) is 11.6 Å². The minimum Gasteiger partial charge on any atom is -0.487 e. The van der Waals surface area contributed by atoms with E-state index in [0.29, 0.717) is 40.3 Å². The Morgan fingerprint density at radius 3 is 2.55 bits per heavy atom. The van der Waals surface area contributed by atoms with Gasteiger partial charge in [0.15, 0.2) is 5.78 Å². The van der Waals surface area contributed by atoms with Crippen LogP contribution in [0, 0.1) is 19.8 Å². The molecule has 4 rings (SSSR count). The summed E-state index contributed by atoms with van der Waals surface area (Å²) in [6.45, 7) is 11.3. The van der Waals surface area contributed by atoms with Crippen molar-refractivity contribution in [1.29, 1.82) is 0 Å². The number of aryl methyl sites for hydroxylation is 2. The van der Waals surface area contributed by atoms with Crippen molar-refractivity contribution in [3.63, 3.8) is 0 Å². The highest BCUT2D eigenvalue weighted by molar-refractivity contribution is 7.09. The number of thiazole rings is 1. The zero-order valence-corrected chi connectivity index (χ0v) is 24.5. The predicted molar refractivity (Wildman–Crippen MR) is 157 cm³/mol. The molecular weight excluding hydrogens is 548 g/mol. The van der Waals surface area contributed by atoms with Gasteiger partial charge in [-0.2, -0.15) is 0 Å². The van der Waals surface area contributed by atoms with Crippen LogP contribution in [-0.2, 0) is 17.8 Å². The van der Waals surface area contributed by atoms with Crippen molar-refractivity contribution in [1.82, 2.24) is 9.38 Å². The van der Waals surface area contributed by atoms with E-state index in [1.54, 1.807) is 54.8 Å². The molecule has 0 aliphatic rings. The van der Waals surface area contributed by atoms with Crippen LogP contribution in [0.5, 0.6) is 5.75 Å². The number of Topliss-reactive ketones (excluding diaryl/α,β-unsaturated/α-hetero) is 1. The fourth-order valence-corrected chi connectivity index (χ4v) is 5.47. The number of fused-ring (bicyclic) bond motifs is 1. The number of halogens is 1. The van der Waals surface area contributed by atoms with E-state index in [4.69, 9.17) is 16.3 Å². The fourth-order valence-electron chi connectivity index (χ4n) is 4.75. The smallest absolute Gasteiger partial charge is 0.306 e. The van der Waals surface area contributed by atoms with Gasteiger partial charge >= 0.3 is 5.97 Å². The van der Waals surface area contributed by atoms with Gasteiger partial charge < -0.3 is 14.2 Å². The molecule has 0 saturated heterocycles. The van der Waals surface area contributed by atoms with E-state index < -0.39 is 11.9 Å². The molecule has 7 nitrogen and oxygen atoms in total. The molecule has 0 saturated carbocycles. The molecule has 1 atom stereocenters. The first-order valence-electron chi connectivity index (χ1n) is 13.0. The molecule has 0 fully saturated rings. The van der Waals surface area contributed by atoms with Crippen LogP contribution in [-0.4, -0.2) is 32.0 Å². The summed E-state index contributed by atoms with van der Waals surface area (Å²) in [6, 6.07) is 8.41. The van der Waals surface area contributed by atoms with Crippen LogP contribution in [0.2, 0.25) is 5.02 Å². The summed E-state index contributed by atoms with van der Waals surface area (Å²) in [6.07, 6.45) is 2.74. The molecule has 0 aliphatic carbocycles. The van der Waals surface area contributed by atoms with Gasteiger partial charge in [-0.1, -0.05) is 31.5 Å². The van der Waals surface area contributed by atoms with Crippen LogP contribution < -0.4 is 4.74 Å². The van der Waals surface area contributed by atoms with Crippen LogP contribution in [0.25, 0.3) is 5.52 Å². The quantitative estimate of drug-likeness (QED) is 0.140. The number of nitrogens with zero attached hydrogens (tertiary/aromatic N) is 2. The molecule has 0 spiro atoms. The van der Waals surface area contributed by atoms with Crippen molar-refractivity contribution in [3.05, 3.63) is 97.7 Å². The van der Waals surface area contributed by atoms with Crippen LogP contribution in [0.3, 0.4) is 0 Å². The number of rotatable bonds is 12. The maximum absolute atomic E-state index is 14.1. The third-order valence-electron chi connectivity index (χ3n) is 6.75. The molecule has 0 radical (unpaired) electrons. The van der Waals surface area contributed by atoms with Crippen LogP contribution in [0.1, 0.15) is 74.9 Å². The number of hydrogen-bond acceptors (Lipinski definition) is 6. The van der Waals surface area contributed by atoms with Crippen molar-refractivity contribution >= 4 is 46.0 Å². The summed E-state index contributed by atoms with van der Waals surface area (Å²) >= 11 is 7.74. The largest absolute Gasteiger partial charge is 0.487 e. The number of pyridine rings is 1. The molecule has 0 aliphatic heterocycles. The van der Waals surface area contributed by atoms with E-state index in [1.165, 1.54) is 11.3 Å². The Morgan fingerprint density at radius 1 is 1.20 bits per heavy atom. The average molecular weight is 579 g/mol. The molecule has 3 heterocycles. The van der Waals surface area contributed by atoms with Gasteiger partial charge in [0, 0.05) is 28.2 Å². The third-order valence-corrected chi connectivity index (χ3v) is 8.00. The van der Waals surface area contributed by atoms with E-state index in [9.17, 15) is 19.5 Å². The molecule has 1 unspecified atom stereocenters. The second-order valence-corrected chi connectivity index (χ2v) is 11.4. The van der Waals surface area contributed by atoms with Crippen LogP contribution in [0.4, 0.5) is 0 Å². The van der Waals surface area contributed by atoms with Gasteiger partial charge in [0.05, 0.1) is 33.4 Å².